The van der Waals surface area contributed by atoms with Crippen LogP contribution in [0, 0.1) is 0 Å². The van der Waals surface area contributed by atoms with Crippen LogP contribution >= 0.6 is 0 Å². The van der Waals surface area contributed by atoms with Crippen LogP contribution in [-0.2, 0) is 0 Å². The van der Waals surface area contributed by atoms with Crippen LogP contribution in [-0.4, -0.2) is 12.2 Å². The Kier molecular flexibility index (Phi) is 1.63. The van der Waals surface area contributed by atoms with Crippen molar-refractivity contribution in [1.82, 2.24) is 0 Å². The van der Waals surface area contributed by atoms with E-state index in [2.05, 4.69) is 15.1 Å². The Morgan fingerprint density at radius 1 is 1.38 bits per heavy atom. The first-order chi connectivity index (χ1) is 6.31. The molecule has 1 aromatic carbocycles. The highest BCUT2D eigenvalue weighted by atomic mass is 16.2. The Hall–Kier alpha value is -2.04. The third-order valence-electron chi connectivity index (χ3n) is 1.68. The number of para-hydroxylation sites is 1. The van der Waals surface area contributed by atoms with Gasteiger partial charge >= 0.3 is 6.03 Å². The summed E-state index contributed by atoms with van der Waals surface area (Å²) in [6, 6.07) is 4.78. The molecule has 13 heavy (non-hydrogen) atoms. The van der Waals surface area contributed by atoms with Gasteiger partial charge in [-0.25, -0.2) is 4.79 Å². The second-order valence-corrected chi connectivity index (χ2v) is 2.50. The van der Waals surface area contributed by atoms with Crippen molar-refractivity contribution in [3.8, 4) is 0 Å². The van der Waals surface area contributed by atoms with Crippen molar-refractivity contribution in [2.24, 2.45) is 20.9 Å². The fraction of sp³-hybridized carbons (Fsp3) is 0. The van der Waals surface area contributed by atoms with Crippen LogP contribution in [0.25, 0.3) is 0 Å². The first kappa shape index (κ1) is 7.60. The minimum Gasteiger partial charge on any atom is -0.323 e. The maximum Gasteiger partial charge on any atom is 0.368 e. The van der Waals surface area contributed by atoms with E-state index in [9.17, 15) is 4.79 Å². The lowest BCUT2D eigenvalue weighted by Gasteiger charge is -1.88. The molecule has 5 nitrogen and oxygen atoms in total. The zero-order valence-electron chi connectivity index (χ0n) is 6.64. The lowest BCUT2D eigenvalue weighted by Crippen LogP contribution is -2.25. The lowest BCUT2D eigenvalue weighted by atomic mass is 10.2. The number of carbonyl (C=O) groups excluding carboxylic acids is 1. The third-order valence-corrected chi connectivity index (χ3v) is 1.68. The van der Waals surface area contributed by atoms with Gasteiger partial charge in [0, 0.05) is 5.56 Å². The molecule has 1 aromatic rings. The van der Waals surface area contributed by atoms with Crippen molar-refractivity contribution in [2.75, 3.05) is 0 Å². The van der Waals surface area contributed by atoms with Crippen molar-refractivity contribution < 1.29 is 4.79 Å². The Labute approximate surface area is 73.3 Å². The Balaban J connectivity index is 2.80. The van der Waals surface area contributed by atoms with Gasteiger partial charge in [0.1, 0.15) is 5.36 Å². The zero-order chi connectivity index (χ0) is 9.26. The standard InChI is InChI=1S/C8H6N4O/c9-10-4-5-2-1-3-6-7(5)12-8(13)11-6/h1-4H,9H2. The molecule has 0 spiro atoms. The monoisotopic (exact) mass is 174 g/mol. The average molecular weight is 174 g/mol. The number of hydrogen-bond donors (Lipinski definition) is 1. The summed E-state index contributed by atoms with van der Waals surface area (Å²) < 4.78 is 0. The van der Waals surface area contributed by atoms with Gasteiger partial charge in [0.25, 0.3) is 0 Å². The van der Waals surface area contributed by atoms with Crippen LogP contribution in [0.15, 0.2) is 33.3 Å². The molecule has 0 bridgehead atoms. The van der Waals surface area contributed by atoms with Crippen molar-refractivity contribution >= 4 is 12.2 Å². The van der Waals surface area contributed by atoms with E-state index in [1.165, 1.54) is 6.21 Å². The number of carbonyl (C=O) groups is 1. The van der Waals surface area contributed by atoms with Gasteiger partial charge in [-0.3, -0.25) is 0 Å². The third kappa shape index (κ3) is 1.20. The molecule has 2 N–H and O–H groups in total. The number of benzene rings is 1. The van der Waals surface area contributed by atoms with Gasteiger partial charge in [-0.1, -0.05) is 12.1 Å². The maximum absolute atomic E-state index is 10.8. The van der Waals surface area contributed by atoms with Gasteiger partial charge < -0.3 is 5.84 Å². The van der Waals surface area contributed by atoms with Gasteiger partial charge in [0.05, 0.1) is 11.6 Å². The summed E-state index contributed by atoms with van der Waals surface area (Å²) in [4.78, 5) is 18.3. The van der Waals surface area contributed by atoms with Crippen LogP contribution in [0.4, 0.5) is 4.79 Å². The normalized spacial score (nSPS) is 14.0. The number of hydrazone groups is 1. The molecule has 0 aliphatic carbocycles. The van der Waals surface area contributed by atoms with Crippen molar-refractivity contribution in [1.29, 1.82) is 0 Å². The van der Waals surface area contributed by atoms with Crippen molar-refractivity contribution in [2.45, 2.75) is 0 Å². The van der Waals surface area contributed by atoms with Crippen LogP contribution in [0.2, 0.25) is 0 Å². The molecule has 0 atom stereocenters. The Bertz CT molecular complexity index is 503. The molecular weight excluding hydrogens is 168 g/mol. The van der Waals surface area contributed by atoms with Crippen LogP contribution in [0.1, 0.15) is 5.56 Å². The second-order valence-electron chi connectivity index (χ2n) is 2.50. The molecule has 0 saturated carbocycles. The van der Waals surface area contributed by atoms with E-state index in [0.717, 1.165) is 0 Å². The van der Waals surface area contributed by atoms with Crippen LogP contribution in [0.5, 0.6) is 0 Å². The minimum atomic E-state index is -0.479. The smallest absolute Gasteiger partial charge is 0.323 e. The molecule has 64 valence electrons. The highest BCUT2D eigenvalue weighted by Gasteiger charge is 2.06. The molecule has 5 heteroatoms. The summed E-state index contributed by atoms with van der Waals surface area (Å²) in [7, 11) is 0. The molecule has 2 amide bonds. The number of nitrogens with zero attached hydrogens (tertiary/aromatic N) is 3. The van der Waals surface area contributed by atoms with Crippen LogP contribution < -0.4 is 16.6 Å². The molecule has 1 aliphatic heterocycles. The summed E-state index contributed by atoms with van der Waals surface area (Å²) in [6.07, 6.45) is 1.44. The number of fused-ring (bicyclic) bond motifs is 1. The maximum atomic E-state index is 10.8. The predicted octanol–water partition coefficient (Wildman–Crippen LogP) is -0.648. The van der Waals surface area contributed by atoms with Crippen molar-refractivity contribution in [3.05, 3.63) is 34.5 Å². The molecular formula is C8H6N4O. The van der Waals surface area contributed by atoms with Crippen LogP contribution in [0.3, 0.4) is 0 Å². The van der Waals surface area contributed by atoms with E-state index in [4.69, 9.17) is 5.84 Å². The number of rotatable bonds is 1. The number of urea groups is 1. The van der Waals surface area contributed by atoms with Gasteiger partial charge in [-0.2, -0.15) is 15.1 Å². The molecule has 2 rings (SSSR count). The first-order valence-corrected chi connectivity index (χ1v) is 3.65. The molecule has 0 aromatic heterocycles. The van der Waals surface area contributed by atoms with E-state index in [1.807, 2.05) is 0 Å². The highest BCUT2D eigenvalue weighted by Crippen LogP contribution is 1.89. The lowest BCUT2D eigenvalue weighted by molar-refractivity contribution is 0.256. The average Bonchev–Trinajstić information content (AvgIpc) is 2.47. The molecule has 0 unspecified atom stereocenters. The summed E-state index contributed by atoms with van der Waals surface area (Å²) in [5.41, 5.74) is 0.703. The SMILES string of the molecule is NN=Cc1cccc2c1=NC(=O)N=2. The van der Waals surface area contributed by atoms with E-state index >= 15 is 0 Å². The summed E-state index contributed by atoms with van der Waals surface area (Å²) in [5, 5.41) is 4.49. The van der Waals surface area contributed by atoms with Gasteiger partial charge in [0.15, 0.2) is 0 Å². The second kappa shape index (κ2) is 2.78. The van der Waals surface area contributed by atoms with Gasteiger partial charge in [-0.15, -0.1) is 0 Å². The summed E-state index contributed by atoms with van der Waals surface area (Å²) in [6.45, 7) is 0. The van der Waals surface area contributed by atoms with Crippen molar-refractivity contribution in [3.63, 3.8) is 0 Å². The minimum absolute atomic E-state index is 0.479. The number of amides is 2. The molecule has 0 radical (unpaired) electrons. The number of hydrogen-bond acceptors (Lipinski definition) is 3. The summed E-state index contributed by atoms with van der Waals surface area (Å²) in [5.74, 6) is 5.00. The molecule has 1 aliphatic rings. The van der Waals surface area contributed by atoms with E-state index in [1.54, 1.807) is 18.2 Å². The Morgan fingerprint density at radius 3 is 3.00 bits per heavy atom. The molecule has 0 fully saturated rings. The fourth-order valence-corrected chi connectivity index (χ4v) is 1.17. The first-order valence-electron chi connectivity index (χ1n) is 3.65. The number of nitrogens with two attached hydrogens (primary N) is 1. The van der Waals surface area contributed by atoms with E-state index < -0.39 is 6.03 Å². The Morgan fingerprint density at radius 2 is 2.23 bits per heavy atom. The van der Waals surface area contributed by atoms with Gasteiger partial charge in [0.2, 0.25) is 0 Å². The van der Waals surface area contributed by atoms with E-state index in [-0.39, 0.29) is 0 Å². The zero-order valence-corrected chi connectivity index (χ0v) is 6.64. The fourth-order valence-electron chi connectivity index (χ4n) is 1.17. The van der Waals surface area contributed by atoms with Gasteiger partial charge in [-0.05, 0) is 6.07 Å². The highest BCUT2D eigenvalue weighted by molar-refractivity contribution is 5.82. The topological polar surface area (TPSA) is 80.2 Å². The quantitative estimate of drug-likeness (QED) is 0.349. The molecule has 1 heterocycles. The predicted molar refractivity (Wildman–Crippen MR) is 45.9 cm³/mol. The molecule has 0 saturated heterocycles. The van der Waals surface area contributed by atoms with E-state index in [0.29, 0.717) is 16.3 Å². The largest absolute Gasteiger partial charge is 0.368 e. The summed E-state index contributed by atoms with van der Waals surface area (Å²) >= 11 is 0.